The van der Waals surface area contributed by atoms with Gasteiger partial charge in [-0.05, 0) is 19.9 Å². The third kappa shape index (κ3) is 1.79. The molecule has 1 unspecified atom stereocenters. The number of fused-ring (bicyclic) bond motifs is 1. The average Bonchev–Trinajstić information content (AvgIpc) is 2.96. The third-order valence-corrected chi connectivity index (χ3v) is 2.71. The summed E-state index contributed by atoms with van der Waals surface area (Å²) in [6.45, 7) is 3.95. The molecule has 0 radical (unpaired) electrons. The molecular weight excluding hydrogens is 230 g/mol. The largest absolute Gasteiger partial charge is 0.359 e. The van der Waals surface area contributed by atoms with Gasteiger partial charge in [-0.25, -0.2) is 14.5 Å². The molecule has 0 aromatic carbocycles. The van der Waals surface area contributed by atoms with E-state index < -0.39 is 0 Å². The van der Waals surface area contributed by atoms with Crippen LogP contribution in [0.4, 0.5) is 5.82 Å². The molecule has 3 aromatic rings. The zero-order valence-electron chi connectivity index (χ0n) is 10.1. The van der Waals surface area contributed by atoms with Gasteiger partial charge < -0.3 is 5.32 Å². The Kier molecular flexibility index (Phi) is 2.44. The zero-order valence-corrected chi connectivity index (χ0v) is 10.1. The van der Waals surface area contributed by atoms with Gasteiger partial charge in [-0.15, -0.1) is 0 Å². The van der Waals surface area contributed by atoms with E-state index in [0.717, 1.165) is 22.9 Å². The van der Waals surface area contributed by atoms with Crippen LogP contribution in [0.2, 0.25) is 0 Å². The molecule has 0 aliphatic carbocycles. The first-order valence-electron chi connectivity index (χ1n) is 5.67. The number of nitrogens with one attached hydrogen (secondary N) is 2. The van der Waals surface area contributed by atoms with Gasteiger partial charge in [-0.3, -0.25) is 5.10 Å². The predicted octanol–water partition coefficient (Wildman–Crippen LogP) is 1.33. The molecule has 2 N–H and O–H groups in total. The number of hydrogen-bond acceptors (Lipinski definition) is 5. The second-order valence-electron chi connectivity index (χ2n) is 4.13. The molecule has 0 aliphatic heterocycles. The Hall–Kier alpha value is -2.44. The summed E-state index contributed by atoms with van der Waals surface area (Å²) < 4.78 is 1.80. The molecule has 0 fully saturated rings. The number of hydrogen-bond donors (Lipinski definition) is 2. The van der Waals surface area contributed by atoms with Crippen LogP contribution in [0, 0.1) is 6.92 Å². The second kappa shape index (κ2) is 4.10. The maximum Gasteiger partial charge on any atom is 0.152 e. The number of aromatic amines is 1. The highest BCUT2D eigenvalue weighted by Gasteiger charge is 2.11. The standard InChI is InChI=1S/C11H13N7/c1-7-5-9-11(12-3-4-18(9)17-7)15-8(2)10-13-6-14-16-10/h3-6,8H,1-2H3,(H,12,15)(H,13,14,16). The van der Waals surface area contributed by atoms with Gasteiger partial charge in [-0.2, -0.15) is 10.2 Å². The van der Waals surface area contributed by atoms with Gasteiger partial charge in [0.15, 0.2) is 5.82 Å². The molecule has 0 spiro atoms. The lowest BCUT2D eigenvalue weighted by molar-refractivity contribution is 0.788. The highest BCUT2D eigenvalue weighted by atomic mass is 15.3. The Balaban J connectivity index is 1.95. The molecule has 0 amide bonds. The first kappa shape index (κ1) is 10.7. The lowest BCUT2D eigenvalue weighted by Gasteiger charge is -2.12. The van der Waals surface area contributed by atoms with Crippen LogP contribution in [-0.4, -0.2) is 29.8 Å². The van der Waals surface area contributed by atoms with E-state index in [9.17, 15) is 0 Å². The summed E-state index contributed by atoms with van der Waals surface area (Å²) in [7, 11) is 0. The molecule has 0 saturated carbocycles. The van der Waals surface area contributed by atoms with Crippen molar-refractivity contribution in [2.75, 3.05) is 5.32 Å². The first-order valence-corrected chi connectivity index (χ1v) is 5.67. The zero-order chi connectivity index (χ0) is 12.5. The van der Waals surface area contributed by atoms with Crippen LogP contribution in [0.15, 0.2) is 24.8 Å². The number of H-pyrrole nitrogens is 1. The molecule has 7 heteroatoms. The number of anilines is 1. The Morgan fingerprint density at radius 2 is 2.28 bits per heavy atom. The minimum atomic E-state index is 0.00130. The molecule has 92 valence electrons. The van der Waals surface area contributed by atoms with Gasteiger partial charge in [0.05, 0.1) is 11.7 Å². The number of rotatable bonds is 3. The Morgan fingerprint density at radius 1 is 1.39 bits per heavy atom. The topological polar surface area (TPSA) is 83.8 Å². The Labute approximate surface area is 103 Å². The van der Waals surface area contributed by atoms with Gasteiger partial charge in [0.1, 0.15) is 17.7 Å². The second-order valence-corrected chi connectivity index (χ2v) is 4.13. The molecule has 18 heavy (non-hydrogen) atoms. The van der Waals surface area contributed by atoms with E-state index in [0.29, 0.717) is 0 Å². The molecule has 3 heterocycles. The maximum atomic E-state index is 4.34. The van der Waals surface area contributed by atoms with Gasteiger partial charge in [-0.1, -0.05) is 0 Å². The van der Waals surface area contributed by atoms with Crippen LogP contribution in [0.5, 0.6) is 0 Å². The van der Waals surface area contributed by atoms with E-state index in [1.54, 1.807) is 10.7 Å². The van der Waals surface area contributed by atoms with Crippen LogP contribution in [0.25, 0.3) is 5.52 Å². The third-order valence-electron chi connectivity index (χ3n) is 2.71. The summed E-state index contributed by atoms with van der Waals surface area (Å²) in [5, 5.41) is 14.3. The highest BCUT2D eigenvalue weighted by molar-refractivity contribution is 5.68. The molecule has 1 atom stereocenters. The lowest BCUT2D eigenvalue weighted by Crippen LogP contribution is -2.10. The van der Waals surface area contributed by atoms with Crippen molar-refractivity contribution >= 4 is 11.3 Å². The van der Waals surface area contributed by atoms with Crippen molar-refractivity contribution in [3.05, 3.63) is 36.3 Å². The van der Waals surface area contributed by atoms with Crippen LogP contribution in [0.3, 0.4) is 0 Å². The summed E-state index contributed by atoms with van der Waals surface area (Å²) in [5.74, 6) is 1.55. The first-order chi connectivity index (χ1) is 8.74. The van der Waals surface area contributed by atoms with Gasteiger partial charge >= 0.3 is 0 Å². The van der Waals surface area contributed by atoms with Crippen LogP contribution in [-0.2, 0) is 0 Å². The van der Waals surface area contributed by atoms with E-state index in [4.69, 9.17) is 0 Å². The van der Waals surface area contributed by atoms with Crippen molar-refractivity contribution in [3.63, 3.8) is 0 Å². The SMILES string of the molecule is Cc1cc2c(NC(C)c3ncn[nH]3)nccn2n1. The van der Waals surface area contributed by atoms with Crippen LogP contribution in [0.1, 0.15) is 24.5 Å². The van der Waals surface area contributed by atoms with Crippen molar-refractivity contribution < 1.29 is 0 Å². The normalized spacial score (nSPS) is 12.8. The Bertz CT molecular complexity index is 655. The average molecular weight is 243 g/mol. The minimum absolute atomic E-state index is 0.00130. The summed E-state index contributed by atoms with van der Waals surface area (Å²) >= 11 is 0. The fourth-order valence-electron chi connectivity index (χ4n) is 1.85. The fraction of sp³-hybridized carbons (Fsp3) is 0.273. The lowest BCUT2D eigenvalue weighted by atomic mass is 10.3. The summed E-state index contributed by atoms with van der Waals surface area (Å²) in [4.78, 5) is 8.45. The summed E-state index contributed by atoms with van der Waals surface area (Å²) in [5.41, 5.74) is 1.90. The van der Waals surface area contributed by atoms with Crippen molar-refractivity contribution in [2.24, 2.45) is 0 Å². The van der Waals surface area contributed by atoms with E-state index in [1.807, 2.05) is 26.1 Å². The summed E-state index contributed by atoms with van der Waals surface area (Å²) in [6, 6.07) is 1.99. The van der Waals surface area contributed by atoms with E-state index in [1.165, 1.54) is 6.33 Å². The fourth-order valence-corrected chi connectivity index (χ4v) is 1.85. The molecule has 0 aliphatic rings. The minimum Gasteiger partial charge on any atom is -0.359 e. The quantitative estimate of drug-likeness (QED) is 0.725. The van der Waals surface area contributed by atoms with Crippen molar-refractivity contribution in [1.29, 1.82) is 0 Å². The number of nitrogens with zero attached hydrogens (tertiary/aromatic N) is 5. The summed E-state index contributed by atoms with van der Waals surface area (Å²) in [6.07, 6.45) is 5.03. The van der Waals surface area contributed by atoms with Crippen LogP contribution < -0.4 is 5.32 Å². The van der Waals surface area contributed by atoms with E-state index >= 15 is 0 Å². The number of aromatic nitrogens is 6. The van der Waals surface area contributed by atoms with Crippen molar-refractivity contribution in [3.8, 4) is 0 Å². The van der Waals surface area contributed by atoms with Gasteiger partial charge in [0.25, 0.3) is 0 Å². The van der Waals surface area contributed by atoms with Crippen molar-refractivity contribution in [1.82, 2.24) is 29.8 Å². The van der Waals surface area contributed by atoms with Gasteiger partial charge in [0, 0.05) is 12.4 Å². The molecule has 0 saturated heterocycles. The molecule has 7 nitrogen and oxygen atoms in total. The number of aryl methyl sites for hydroxylation is 1. The van der Waals surface area contributed by atoms with Crippen molar-refractivity contribution in [2.45, 2.75) is 19.9 Å². The monoisotopic (exact) mass is 243 g/mol. The molecule has 3 aromatic heterocycles. The van der Waals surface area contributed by atoms with Crippen LogP contribution >= 0.6 is 0 Å². The molecule has 0 bridgehead atoms. The van der Waals surface area contributed by atoms with Gasteiger partial charge in [0.2, 0.25) is 0 Å². The van der Waals surface area contributed by atoms with E-state index in [-0.39, 0.29) is 6.04 Å². The molecular formula is C11H13N7. The highest BCUT2D eigenvalue weighted by Crippen LogP contribution is 2.19. The van der Waals surface area contributed by atoms with E-state index in [2.05, 4.69) is 30.6 Å². The predicted molar refractivity (Wildman–Crippen MR) is 66.1 cm³/mol. The smallest absolute Gasteiger partial charge is 0.152 e. The molecule has 3 rings (SSSR count). The Morgan fingerprint density at radius 3 is 3.06 bits per heavy atom. The maximum absolute atomic E-state index is 4.34.